The summed E-state index contributed by atoms with van der Waals surface area (Å²) in [5, 5.41) is 14.6. The molecule has 1 aromatic carbocycles. The lowest BCUT2D eigenvalue weighted by atomic mass is 10.1. The summed E-state index contributed by atoms with van der Waals surface area (Å²) in [5.41, 5.74) is 7.74. The Hall–Kier alpha value is -1.59. The van der Waals surface area contributed by atoms with E-state index in [1.165, 1.54) is 0 Å². The second kappa shape index (κ2) is 6.88. The van der Waals surface area contributed by atoms with Gasteiger partial charge in [0.25, 0.3) is 0 Å². The van der Waals surface area contributed by atoms with Crippen LogP contribution >= 0.6 is 0 Å². The van der Waals surface area contributed by atoms with E-state index in [1.807, 2.05) is 25.1 Å². The summed E-state index contributed by atoms with van der Waals surface area (Å²) in [6.45, 7) is 3.10. The molecule has 1 atom stereocenters. The maximum atomic E-state index is 8.52. The van der Waals surface area contributed by atoms with Gasteiger partial charge in [-0.15, -0.1) is 0 Å². The highest BCUT2D eigenvalue weighted by atomic mass is 16.5. The second-order valence-corrected chi connectivity index (χ2v) is 3.88. The van der Waals surface area contributed by atoms with Crippen molar-refractivity contribution >= 4 is 5.84 Å². The minimum Gasteiger partial charge on any atom is -0.409 e. The molecule has 4 N–H and O–H groups in total. The number of benzene rings is 1. The highest BCUT2D eigenvalue weighted by molar-refractivity contribution is 5.84. The predicted molar refractivity (Wildman–Crippen MR) is 66.9 cm³/mol. The molecule has 5 heteroatoms. The van der Waals surface area contributed by atoms with E-state index in [0.717, 1.165) is 11.1 Å². The van der Waals surface area contributed by atoms with Crippen LogP contribution in [0.3, 0.4) is 0 Å². The first-order chi connectivity index (χ1) is 8.17. The molecular weight excluding hydrogens is 218 g/mol. The zero-order valence-corrected chi connectivity index (χ0v) is 10.2. The normalized spacial score (nSPS) is 13.6. The van der Waals surface area contributed by atoms with E-state index >= 15 is 0 Å². The molecule has 0 amide bonds. The number of rotatable bonds is 6. The van der Waals surface area contributed by atoms with Crippen molar-refractivity contribution in [2.75, 3.05) is 7.11 Å². The molecule has 0 saturated heterocycles. The second-order valence-electron chi connectivity index (χ2n) is 3.88. The van der Waals surface area contributed by atoms with Gasteiger partial charge in [0.15, 0.2) is 5.84 Å². The number of amidine groups is 1. The summed E-state index contributed by atoms with van der Waals surface area (Å²) in [7, 11) is 1.67. The van der Waals surface area contributed by atoms with Gasteiger partial charge in [0, 0.05) is 13.7 Å². The van der Waals surface area contributed by atoms with E-state index in [1.54, 1.807) is 7.11 Å². The molecule has 94 valence electrons. The molecule has 0 aliphatic carbocycles. The quantitative estimate of drug-likeness (QED) is 0.299. The first kappa shape index (κ1) is 13.5. The summed E-state index contributed by atoms with van der Waals surface area (Å²) in [4.78, 5) is 0. The van der Waals surface area contributed by atoms with Crippen LogP contribution in [-0.2, 0) is 17.9 Å². The van der Waals surface area contributed by atoms with Crippen molar-refractivity contribution in [1.82, 2.24) is 5.32 Å². The van der Waals surface area contributed by atoms with Crippen LogP contribution in [0.5, 0.6) is 0 Å². The molecule has 0 aliphatic rings. The molecule has 0 spiro atoms. The summed E-state index contributed by atoms with van der Waals surface area (Å²) in [5.74, 6) is 0.179. The van der Waals surface area contributed by atoms with Crippen molar-refractivity contribution < 1.29 is 9.94 Å². The number of ether oxygens (including phenoxy) is 1. The smallest absolute Gasteiger partial charge is 0.156 e. The summed E-state index contributed by atoms with van der Waals surface area (Å²) < 4.78 is 5.07. The average molecular weight is 237 g/mol. The third-order valence-electron chi connectivity index (χ3n) is 2.47. The van der Waals surface area contributed by atoms with Crippen molar-refractivity contribution in [3.05, 3.63) is 35.4 Å². The van der Waals surface area contributed by atoms with E-state index in [4.69, 9.17) is 15.7 Å². The standard InChI is InChI=1S/C12H19N3O2/c1-9(12(13)15-16)14-7-10-4-3-5-11(6-10)8-17-2/h3-6,9,14,16H,7-8H2,1-2H3,(H2,13,15). The molecule has 1 aromatic rings. The fourth-order valence-corrected chi connectivity index (χ4v) is 1.46. The molecule has 17 heavy (non-hydrogen) atoms. The maximum absolute atomic E-state index is 8.52. The van der Waals surface area contributed by atoms with Gasteiger partial charge in [-0.25, -0.2) is 0 Å². The van der Waals surface area contributed by atoms with Gasteiger partial charge in [0.2, 0.25) is 0 Å². The van der Waals surface area contributed by atoms with Crippen LogP contribution < -0.4 is 11.1 Å². The van der Waals surface area contributed by atoms with E-state index in [9.17, 15) is 0 Å². The van der Waals surface area contributed by atoms with Crippen molar-refractivity contribution in [2.45, 2.75) is 26.1 Å². The molecule has 0 aliphatic heterocycles. The van der Waals surface area contributed by atoms with Gasteiger partial charge in [0.05, 0.1) is 12.6 Å². The van der Waals surface area contributed by atoms with Gasteiger partial charge in [-0.3, -0.25) is 0 Å². The van der Waals surface area contributed by atoms with E-state index in [0.29, 0.717) is 13.2 Å². The van der Waals surface area contributed by atoms with Crippen LogP contribution in [0.15, 0.2) is 29.4 Å². The van der Waals surface area contributed by atoms with Crippen LogP contribution in [0.4, 0.5) is 0 Å². The third-order valence-corrected chi connectivity index (χ3v) is 2.47. The fraction of sp³-hybridized carbons (Fsp3) is 0.417. The highest BCUT2D eigenvalue weighted by Crippen LogP contribution is 2.06. The molecule has 1 rings (SSSR count). The lowest BCUT2D eigenvalue weighted by Crippen LogP contribution is -2.38. The molecule has 0 fully saturated rings. The Balaban J connectivity index is 2.54. The van der Waals surface area contributed by atoms with E-state index in [-0.39, 0.29) is 11.9 Å². The maximum Gasteiger partial charge on any atom is 0.156 e. The van der Waals surface area contributed by atoms with Gasteiger partial charge in [-0.2, -0.15) is 0 Å². The van der Waals surface area contributed by atoms with E-state index in [2.05, 4.69) is 16.5 Å². The Bertz CT molecular complexity index is 380. The number of nitrogens with zero attached hydrogens (tertiary/aromatic N) is 1. The lowest BCUT2D eigenvalue weighted by molar-refractivity contribution is 0.185. The number of nitrogens with one attached hydrogen (secondary N) is 1. The molecule has 0 saturated carbocycles. The van der Waals surface area contributed by atoms with Crippen LogP contribution in [0, 0.1) is 0 Å². The SMILES string of the molecule is COCc1cccc(CNC(C)C(N)=NO)c1. The van der Waals surface area contributed by atoms with Crippen molar-refractivity contribution in [3.63, 3.8) is 0 Å². The first-order valence-electron chi connectivity index (χ1n) is 5.45. The Kier molecular flexibility index (Phi) is 5.45. The molecule has 0 heterocycles. The van der Waals surface area contributed by atoms with Crippen molar-refractivity contribution in [3.8, 4) is 0 Å². The molecule has 1 unspecified atom stereocenters. The van der Waals surface area contributed by atoms with Crippen LogP contribution in [0.1, 0.15) is 18.1 Å². The zero-order valence-electron chi connectivity index (χ0n) is 10.2. The summed E-state index contributed by atoms with van der Waals surface area (Å²) >= 11 is 0. The molecule has 5 nitrogen and oxygen atoms in total. The van der Waals surface area contributed by atoms with Crippen LogP contribution in [0.2, 0.25) is 0 Å². The number of nitrogens with two attached hydrogens (primary N) is 1. The average Bonchev–Trinajstić information content (AvgIpc) is 2.36. The minimum absolute atomic E-state index is 0.161. The Morgan fingerprint density at radius 2 is 2.24 bits per heavy atom. The summed E-state index contributed by atoms with van der Waals surface area (Å²) in [6.07, 6.45) is 0. The van der Waals surface area contributed by atoms with Crippen molar-refractivity contribution in [1.29, 1.82) is 0 Å². The third kappa shape index (κ3) is 4.42. The number of hydrogen-bond acceptors (Lipinski definition) is 4. The molecule has 0 bridgehead atoms. The highest BCUT2D eigenvalue weighted by Gasteiger charge is 2.06. The number of methoxy groups -OCH3 is 1. The van der Waals surface area contributed by atoms with E-state index < -0.39 is 0 Å². The largest absolute Gasteiger partial charge is 0.409 e. The van der Waals surface area contributed by atoms with Gasteiger partial charge in [-0.1, -0.05) is 29.4 Å². The van der Waals surface area contributed by atoms with Gasteiger partial charge in [0.1, 0.15) is 0 Å². The monoisotopic (exact) mass is 237 g/mol. The zero-order chi connectivity index (χ0) is 12.7. The molecular formula is C12H19N3O2. The molecule has 0 radical (unpaired) electrons. The van der Waals surface area contributed by atoms with Crippen LogP contribution in [0.25, 0.3) is 0 Å². The van der Waals surface area contributed by atoms with Crippen LogP contribution in [-0.4, -0.2) is 24.2 Å². The predicted octanol–water partition coefficient (Wildman–Crippen LogP) is 1.06. The Morgan fingerprint density at radius 3 is 2.88 bits per heavy atom. The number of hydrogen-bond donors (Lipinski definition) is 3. The Labute approximate surface area is 101 Å². The topological polar surface area (TPSA) is 79.9 Å². The first-order valence-corrected chi connectivity index (χ1v) is 5.45. The fourth-order valence-electron chi connectivity index (χ4n) is 1.46. The molecule has 0 aromatic heterocycles. The van der Waals surface area contributed by atoms with Gasteiger partial charge >= 0.3 is 0 Å². The van der Waals surface area contributed by atoms with Gasteiger partial charge < -0.3 is 21.0 Å². The minimum atomic E-state index is -0.161. The Morgan fingerprint density at radius 1 is 1.53 bits per heavy atom. The number of oxime groups is 1. The lowest BCUT2D eigenvalue weighted by Gasteiger charge is -2.12. The van der Waals surface area contributed by atoms with Gasteiger partial charge in [-0.05, 0) is 18.1 Å². The van der Waals surface area contributed by atoms with Crippen molar-refractivity contribution in [2.24, 2.45) is 10.9 Å². The summed E-state index contributed by atoms with van der Waals surface area (Å²) in [6, 6.07) is 7.92.